The van der Waals surface area contributed by atoms with Gasteiger partial charge in [0.15, 0.2) is 0 Å². The number of aromatic nitrogens is 1. The first-order valence-corrected chi connectivity index (χ1v) is 7.18. The number of hydrogen-bond acceptors (Lipinski definition) is 2. The van der Waals surface area contributed by atoms with Crippen LogP contribution in [0.4, 0.5) is 0 Å². The molecule has 2 heterocycles. The normalized spacial score (nSPS) is 18.2. The molecule has 5 heteroatoms. The molecular weight excluding hydrogens is 266 g/mol. The van der Waals surface area contributed by atoms with Crippen LogP contribution in [-0.2, 0) is 4.79 Å². The lowest BCUT2D eigenvalue weighted by Gasteiger charge is -2.25. The summed E-state index contributed by atoms with van der Waals surface area (Å²) in [5.74, 6) is -0.0964. The quantitative estimate of drug-likeness (QED) is 0.915. The third-order valence-electron chi connectivity index (χ3n) is 4.00. The van der Waals surface area contributed by atoms with Gasteiger partial charge in [-0.1, -0.05) is 18.2 Å². The van der Waals surface area contributed by atoms with Gasteiger partial charge in [0, 0.05) is 31.5 Å². The number of H-pyrrole nitrogens is 1. The maximum atomic E-state index is 12.7. The Morgan fingerprint density at radius 1 is 1.29 bits per heavy atom. The number of likely N-dealkylation sites (N-methyl/N-ethyl adjacent to an activating group) is 1. The third-order valence-corrected chi connectivity index (χ3v) is 4.00. The minimum absolute atomic E-state index is 0.00281. The van der Waals surface area contributed by atoms with E-state index in [0.29, 0.717) is 12.2 Å². The van der Waals surface area contributed by atoms with Gasteiger partial charge in [-0.2, -0.15) is 0 Å². The summed E-state index contributed by atoms with van der Waals surface area (Å²) in [5.41, 5.74) is 1.49. The predicted molar refractivity (Wildman–Crippen MR) is 81.1 cm³/mol. The highest BCUT2D eigenvalue weighted by Gasteiger charge is 2.35. The molecule has 2 amide bonds. The molecule has 1 N–H and O–H groups in total. The smallest absolute Gasteiger partial charge is 0.270 e. The van der Waals surface area contributed by atoms with Crippen LogP contribution in [0, 0.1) is 0 Å². The molecule has 1 aromatic carbocycles. The molecule has 1 aliphatic rings. The van der Waals surface area contributed by atoms with E-state index in [9.17, 15) is 9.59 Å². The maximum Gasteiger partial charge on any atom is 0.270 e. The Hall–Kier alpha value is -2.30. The Balaban J connectivity index is 1.88. The van der Waals surface area contributed by atoms with Crippen LogP contribution in [0.25, 0.3) is 10.9 Å². The van der Waals surface area contributed by atoms with Gasteiger partial charge < -0.3 is 14.8 Å². The first-order valence-electron chi connectivity index (χ1n) is 7.18. The van der Waals surface area contributed by atoms with Crippen molar-refractivity contribution in [3.8, 4) is 0 Å². The monoisotopic (exact) mass is 285 g/mol. The highest BCUT2D eigenvalue weighted by molar-refractivity contribution is 6.00. The topological polar surface area (TPSA) is 56.4 Å². The molecule has 110 valence electrons. The molecule has 1 aliphatic heterocycles. The van der Waals surface area contributed by atoms with Gasteiger partial charge in [0.2, 0.25) is 5.91 Å². The molecule has 0 radical (unpaired) electrons. The van der Waals surface area contributed by atoms with Crippen LogP contribution in [-0.4, -0.2) is 53.3 Å². The molecule has 1 saturated heterocycles. The average molecular weight is 285 g/mol. The van der Waals surface area contributed by atoms with E-state index in [1.54, 1.807) is 23.9 Å². The van der Waals surface area contributed by atoms with E-state index in [-0.39, 0.29) is 17.9 Å². The molecule has 0 aliphatic carbocycles. The first-order chi connectivity index (χ1) is 10.1. The number of carbonyl (C=O) groups is 2. The van der Waals surface area contributed by atoms with Crippen LogP contribution in [0.3, 0.4) is 0 Å². The zero-order valence-electron chi connectivity index (χ0n) is 12.3. The number of benzene rings is 1. The molecule has 1 fully saturated rings. The summed E-state index contributed by atoms with van der Waals surface area (Å²) in [6.45, 7) is 0.637. The van der Waals surface area contributed by atoms with E-state index in [1.807, 2.05) is 30.3 Å². The van der Waals surface area contributed by atoms with Crippen molar-refractivity contribution in [2.24, 2.45) is 0 Å². The van der Waals surface area contributed by atoms with E-state index in [2.05, 4.69) is 4.98 Å². The van der Waals surface area contributed by atoms with Gasteiger partial charge in [0.25, 0.3) is 5.91 Å². The number of nitrogens with one attached hydrogen (secondary N) is 1. The SMILES string of the molecule is CN(C)C(=O)C1CCCN1C(=O)c1cc2ccccc2[nH]1. The fourth-order valence-corrected chi connectivity index (χ4v) is 2.91. The Labute approximate surface area is 123 Å². The van der Waals surface area contributed by atoms with Crippen molar-refractivity contribution in [2.45, 2.75) is 18.9 Å². The number of carbonyl (C=O) groups excluding carboxylic acids is 2. The molecule has 2 aromatic rings. The summed E-state index contributed by atoms with van der Waals surface area (Å²) in [4.78, 5) is 31.3. The van der Waals surface area contributed by atoms with E-state index in [4.69, 9.17) is 0 Å². The maximum absolute atomic E-state index is 12.7. The highest BCUT2D eigenvalue weighted by Crippen LogP contribution is 2.23. The number of likely N-dealkylation sites (tertiary alicyclic amines) is 1. The zero-order valence-corrected chi connectivity index (χ0v) is 12.3. The molecule has 0 bridgehead atoms. The highest BCUT2D eigenvalue weighted by atomic mass is 16.2. The number of amides is 2. The number of nitrogens with zero attached hydrogens (tertiary/aromatic N) is 2. The molecular formula is C16H19N3O2. The van der Waals surface area contributed by atoms with Gasteiger partial charge in [-0.25, -0.2) is 0 Å². The van der Waals surface area contributed by atoms with Gasteiger partial charge in [-0.05, 0) is 25.0 Å². The van der Waals surface area contributed by atoms with Crippen molar-refractivity contribution in [3.05, 3.63) is 36.0 Å². The van der Waals surface area contributed by atoms with Gasteiger partial charge in [0.05, 0.1) is 0 Å². The summed E-state index contributed by atoms with van der Waals surface area (Å²) in [5, 5.41) is 1.01. The minimum atomic E-state index is -0.334. The largest absolute Gasteiger partial charge is 0.351 e. The van der Waals surface area contributed by atoms with Gasteiger partial charge in [-0.3, -0.25) is 9.59 Å². The van der Waals surface area contributed by atoms with Crippen LogP contribution in [0.15, 0.2) is 30.3 Å². The van der Waals surface area contributed by atoms with E-state index >= 15 is 0 Å². The lowest BCUT2D eigenvalue weighted by molar-refractivity contribution is -0.132. The number of aromatic amines is 1. The van der Waals surface area contributed by atoms with Crippen LogP contribution in [0.5, 0.6) is 0 Å². The second kappa shape index (κ2) is 5.24. The fourth-order valence-electron chi connectivity index (χ4n) is 2.91. The second-order valence-corrected chi connectivity index (χ2v) is 5.66. The molecule has 21 heavy (non-hydrogen) atoms. The summed E-state index contributed by atoms with van der Waals surface area (Å²) < 4.78 is 0. The summed E-state index contributed by atoms with van der Waals surface area (Å²) in [6, 6.07) is 9.31. The van der Waals surface area contributed by atoms with Crippen molar-refractivity contribution in [3.63, 3.8) is 0 Å². The summed E-state index contributed by atoms with van der Waals surface area (Å²) in [6.07, 6.45) is 1.61. The fraction of sp³-hybridized carbons (Fsp3) is 0.375. The molecule has 0 spiro atoms. The van der Waals surface area contributed by atoms with Crippen molar-refractivity contribution < 1.29 is 9.59 Å². The van der Waals surface area contributed by atoms with E-state index < -0.39 is 0 Å². The van der Waals surface area contributed by atoms with Gasteiger partial charge in [-0.15, -0.1) is 0 Å². The molecule has 5 nitrogen and oxygen atoms in total. The van der Waals surface area contributed by atoms with Crippen LogP contribution < -0.4 is 0 Å². The summed E-state index contributed by atoms with van der Waals surface area (Å²) in [7, 11) is 3.46. The molecule has 0 saturated carbocycles. The predicted octanol–water partition coefficient (Wildman–Crippen LogP) is 1.86. The van der Waals surface area contributed by atoms with Gasteiger partial charge >= 0.3 is 0 Å². The average Bonchev–Trinajstić information content (AvgIpc) is 3.11. The van der Waals surface area contributed by atoms with Crippen molar-refractivity contribution >= 4 is 22.7 Å². The first kappa shape index (κ1) is 13.7. The lowest BCUT2D eigenvalue weighted by Crippen LogP contribution is -2.45. The molecule has 3 rings (SSSR count). The number of hydrogen-bond donors (Lipinski definition) is 1. The standard InChI is InChI=1S/C16H19N3O2/c1-18(2)16(21)14-8-5-9-19(14)15(20)13-10-11-6-3-4-7-12(11)17-13/h3-4,6-7,10,14,17H,5,8-9H2,1-2H3. The molecule has 1 unspecified atom stereocenters. The Kier molecular flexibility index (Phi) is 3.41. The zero-order chi connectivity index (χ0) is 15.0. The van der Waals surface area contributed by atoms with Crippen molar-refractivity contribution in [1.29, 1.82) is 0 Å². The molecule has 1 atom stereocenters. The Bertz CT molecular complexity index is 657. The van der Waals surface area contributed by atoms with Crippen LogP contribution in [0.1, 0.15) is 23.3 Å². The number of rotatable bonds is 2. The van der Waals surface area contributed by atoms with Crippen molar-refractivity contribution in [1.82, 2.24) is 14.8 Å². The van der Waals surface area contributed by atoms with E-state index in [0.717, 1.165) is 23.7 Å². The van der Waals surface area contributed by atoms with Crippen molar-refractivity contribution in [2.75, 3.05) is 20.6 Å². The molecule has 1 aromatic heterocycles. The van der Waals surface area contributed by atoms with Gasteiger partial charge in [0.1, 0.15) is 11.7 Å². The van der Waals surface area contributed by atoms with E-state index in [1.165, 1.54) is 0 Å². The van der Waals surface area contributed by atoms with Crippen LogP contribution in [0.2, 0.25) is 0 Å². The minimum Gasteiger partial charge on any atom is -0.351 e. The lowest BCUT2D eigenvalue weighted by atomic mass is 10.2. The van der Waals surface area contributed by atoms with Crippen LogP contribution >= 0.6 is 0 Å². The third kappa shape index (κ3) is 2.39. The summed E-state index contributed by atoms with van der Waals surface area (Å²) >= 11 is 0. The Morgan fingerprint density at radius 3 is 2.76 bits per heavy atom. The number of fused-ring (bicyclic) bond motifs is 1. The Morgan fingerprint density at radius 2 is 2.05 bits per heavy atom. The second-order valence-electron chi connectivity index (χ2n) is 5.66. The number of para-hydroxylation sites is 1.